The molecule has 0 unspecified atom stereocenters. The van der Waals surface area contributed by atoms with Gasteiger partial charge in [-0.15, -0.1) is 24.0 Å². The lowest BCUT2D eigenvalue weighted by molar-refractivity contribution is -0.130. The van der Waals surface area contributed by atoms with Crippen LogP contribution < -0.4 is 15.4 Å². The Bertz CT molecular complexity index is 676. The van der Waals surface area contributed by atoms with Gasteiger partial charge in [0.1, 0.15) is 5.75 Å². The van der Waals surface area contributed by atoms with Gasteiger partial charge in [-0.05, 0) is 50.3 Å². The average Bonchev–Trinajstić information content (AvgIpc) is 2.74. The van der Waals surface area contributed by atoms with Crippen LogP contribution in [0, 0.1) is 0 Å². The molecular formula is C23H40IN5O2. The number of piperidine rings is 1. The van der Waals surface area contributed by atoms with Gasteiger partial charge in [0.2, 0.25) is 5.91 Å². The van der Waals surface area contributed by atoms with Crippen LogP contribution in [-0.2, 0) is 11.2 Å². The fraction of sp³-hybridized carbons (Fsp3) is 0.652. The Morgan fingerprint density at radius 3 is 2.65 bits per heavy atom. The van der Waals surface area contributed by atoms with Crippen molar-refractivity contribution in [1.29, 1.82) is 0 Å². The molecule has 1 aromatic rings. The molecule has 1 fully saturated rings. The molecule has 0 atom stereocenters. The largest absolute Gasteiger partial charge is 0.494 e. The van der Waals surface area contributed by atoms with E-state index in [2.05, 4.69) is 41.5 Å². The van der Waals surface area contributed by atoms with Crippen molar-refractivity contribution < 1.29 is 9.53 Å². The maximum atomic E-state index is 11.9. The van der Waals surface area contributed by atoms with E-state index in [0.29, 0.717) is 12.6 Å². The lowest BCUT2D eigenvalue weighted by atomic mass is 10.1. The van der Waals surface area contributed by atoms with Gasteiger partial charge in [-0.3, -0.25) is 14.7 Å². The van der Waals surface area contributed by atoms with Crippen molar-refractivity contribution in [1.82, 2.24) is 20.4 Å². The van der Waals surface area contributed by atoms with Crippen LogP contribution in [0.2, 0.25) is 0 Å². The predicted molar refractivity (Wildman–Crippen MR) is 139 cm³/mol. The number of nitrogens with one attached hydrogen (secondary N) is 2. The molecule has 7 nitrogen and oxygen atoms in total. The molecule has 1 aliphatic heterocycles. The zero-order valence-corrected chi connectivity index (χ0v) is 21.9. The molecule has 1 heterocycles. The number of hydrogen-bond acceptors (Lipinski definition) is 4. The molecular weight excluding hydrogens is 505 g/mol. The van der Waals surface area contributed by atoms with Crippen LogP contribution in [0.5, 0.6) is 5.75 Å². The van der Waals surface area contributed by atoms with E-state index in [1.54, 1.807) is 4.90 Å². The third kappa shape index (κ3) is 10.5. The summed E-state index contributed by atoms with van der Waals surface area (Å²) in [6.07, 6.45) is 3.92. The second-order valence-corrected chi connectivity index (χ2v) is 7.99. The van der Waals surface area contributed by atoms with E-state index in [4.69, 9.17) is 9.73 Å². The number of carbonyl (C=O) groups excluding carboxylic acids is 1. The summed E-state index contributed by atoms with van der Waals surface area (Å²) in [5.74, 6) is 1.97. The van der Waals surface area contributed by atoms with Crippen LogP contribution in [0.15, 0.2) is 29.3 Å². The first-order valence-electron chi connectivity index (χ1n) is 11.2. The number of hydrogen-bond donors (Lipinski definition) is 2. The Morgan fingerprint density at radius 1 is 1.26 bits per heavy atom. The van der Waals surface area contributed by atoms with Crippen molar-refractivity contribution >= 4 is 35.8 Å². The highest BCUT2D eigenvalue weighted by Crippen LogP contribution is 2.14. The summed E-state index contributed by atoms with van der Waals surface area (Å²) >= 11 is 0. The van der Waals surface area contributed by atoms with E-state index in [-0.39, 0.29) is 29.9 Å². The Kier molecular flexibility index (Phi) is 13.6. The molecule has 1 aliphatic rings. The third-order valence-electron chi connectivity index (χ3n) is 5.17. The van der Waals surface area contributed by atoms with Crippen LogP contribution in [0.25, 0.3) is 0 Å². The Hall–Kier alpha value is -1.55. The molecule has 0 aromatic heterocycles. The van der Waals surface area contributed by atoms with Crippen LogP contribution in [0.3, 0.4) is 0 Å². The molecule has 8 heteroatoms. The number of likely N-dealkylation sites (N-methyl/N-ethyl adjacent to an activating group) is 1. The van der Waals surface area contributed by atoms with E-state index in [0.717, 1.165) is 70.2 Å². The van der Waals surface area contributed by atoms with Gasteiger partial charge in [-0.25, -0.2) is 0 Å². The first kappa shape index (κ1) is 27.5. The molecule has 0 bridgehead atoms. The quantitative estimate of drug-likeness (QED) is 0.269. The molecule has 0 aliphatic carbocycles. The molecule has 176 valence electrons. The number of ether oxygens (including phenoxy) is 1. The van der Waals surface area contributed by atoms with Crippen molar-refractivity contribution in [2.75, 3.05) is 53.4 Å². The summed E-state index contributed by atoms with van der Waals surface area (Å²) in [4.78, 5) is 20.6. The monoisotopic (exact) mass is 545 g/mol. The van der Waals surface area contributed by atoms with E-state index in [9.17, 15) is 4.79 Å². The summed E-state index contributed by atoms with van der Waals surface area (Å²) in [6.45, 7) is 8.88. The Labute approximate surface area is 205 Å². The highest BCUT2D eigenvalue weighted by Gasteiger charge is 2.21. The number of benzene rings is 1. The molecule has 1 amide bonds. The standard InChI is InChI=1S/C23H39N5O2.HI/c1-5-16-30-21-9-7-8-19(17-21)10-13-25-23(24-6-2)26-20-11-14-28(15-12-20)18-22(29)27(3)4;/h7-9,17,20H,5-6,10-16,18H2,1-4H3,(H2,24,25,26);1H. The van der Waals surface area contributed by atoms with Crippen LogP contribution in [0.1, 0.15) is 38.7 Å². The molecule has 2 N–H and O–H groups in total. The summed E-state index contributed by atoms with van der Waals surface area (Å²) < 4.78 is 5.72. The molecule has 1 aromatic carbocycles. The van der Waals surface area contributed by atoms with E-state index >= 15 is 0 Å². The van der Waals surface area contributed by atoms with Crippen LogP contribution in [0.4, 0.5) is 0 Å². The number of aliphatic imine (C=N–C) groups is 1. The van der Waals surface area contributed by atoms with Crippen LogP contribution >= 0.6 is 24.0 Å². The predicted octanol–water partition coefficient (Wildman–Crippen LogP) is 2.74. The Balaban J connectivity index is 0.00000480. The Morgan fingerprint density at radius 2 is 2.00 bits per heavy atom. The molecule has 31 heavy (non-hydrogen) atoms. The summed E-state index contributed by atoms with van der Waals surface area (Å²) in [7, 11) is 3.62. The lowest BCUT2D eigenvalue weighted by Crippen LogP contribution is -2.50. The van der Waals surface area contributed by atoms with Crippen molar-refractivity contribution in [3.8, 4) is 5.75 Å². The summed E-state index contributed by atoms with van der Waals surface area (Å²) in [5, 5.41) is 6.92. The maximum Gasteiger partial charge on any atom is 0.236 e. The number of amides is 1. The van der Waals surface area contributed by atoms with Gasteiger partial charge < -0.3 is 20.3 Å². The normalized spacial score (nSPS) is 15.2. The zero-order chi connectivity index (χ0) is 21.8. The first-order chi connectivity index (χ1) is 14.5. The highest BCUT2D eigenvalue weighted by atomic mass is 127. The molecule has 0 saturated carbocycles. The lowest BCUT2D eigenvalue weighted by Gasteiger charge is -2.33. The smallest absolute Gasteiger partial charge is 0.236 e. The topological polar surface area (TPSA) is 69.2 Å². The second-order valence-electron chi connectivity index (χ2n) is 7.99. The van der Waals surface area contributed by atoms with Crippen molar-refractivity contribution in [3.05, 3.63) is 29.8 Å². The van der Waals surface area contributed by atoms with E-state index < -0.39 is 0 Å². The first-order valence-corrected chi connectivity index (χ1v) is 11.2. The van der Waals surface area contributed by atoms with E-state index in [1.807, 2.05) is 26.2 Å². The number of halogens is 1. The fourth-order valence-electron chi connectivity index (χ4n) is 3.39. The van der Waals surface area contributed by atoms with Crippen LogP contribution in [-0.4, -0.2) is 81.1 Å². The molecule has 2 rings (SSSR count). The SMILES string of the molecule is CCCOc1cccc(CCN=C(NCC)NC2CCN(CC(=O)N(C)C)CC2)c1.I. The third-order valence-corrected chi connectivity index (χ3v) is 5.17. The number of rotatable bonds is 10. The van der Waals surface area contributed by atoms with Gasteiger partial charge in [0.25, 0.3) is 0 Å². The molecule has 0 spiro atoms. The fourth-order valence-corrected chi connectivity index (χ4v) is 3.39. The van der Waals surface area contributed by atoms with Crippen molar-refractivity contribution in [3.63, 3.8) is 0 Å². The van der Waals surface area contributed by atoms with Gasteiger partial charge in [-0.1, -0.05) is 19.1 Å². The number of guanidine groups is 1. The number of nitrogens with zero attached hydrogens (tertiary/aromatic N) is 3. The second kappa shape index (κ2) is 15.3. The van der Waals surface area contributed by atoms with Gasteiger partial charge in [-0.2, -0.15) is 0 Å². The number of carbonyl (C=O) groups is 1. The zero-order valence-electron chi connectivity index (χ0n) is 19.5. The maximum absolute atomic E-state index is 11.9. The summed E-state index contributed by atoms with van der Waals surface area (Å²) in [6, 6.07) is 8.67. The van der Waals surface area contributed by atoms with Gasteiger partial charge in [0, 0.05) is 46.3 Å². The van der Waals surface area contributed by atoms with Gasteiger partial charge >= 0.3 is 0 Å². The van der Waals surface area contributed by atoms with Gasteiger partial charge in [0.05, 0.1) is 13.2 Å². The summed E-state index contributed by atoms with van der Waals surface area (Å²) in [5.41, 5.74) is 1.24. The molecule has 1 saturated heterocycles. The minimum absolute atomic E-state index is 0. The number of likely N-dealkylation sites (tertiary alicyclic amines) is 1. The van der Waals surface area contributed by atoms with E-state index in [1.165, 1.54) is 5.56 Å². The van der Waals surface area contributed by atoms with Gasteiger partial charge in [0.15, 0.2) is 5.96 Å². The minimum Gasteiger partial charge on any atom is -0.494 e. The van der Waals surface area contributed by atoms with Crippen molar-refractivity contribution in [2.24, 2.45) is 4.99 Å². The van der Waals surface area contributed by atoms with Crippen molar-refractivity contribution in [2.45, 2.75) is 45.6 Å². The molecule has 0 radical (unpaired) electrons. The highest BCUT2D eigenvalue weighted by molar-refractivity contribution is 14.0. The average molecular weight is 546 g/mol. The minimum atomic E-state index is 0.